The largest absolute Gasteiger partial charge is 0.279 e. The second-order valence-electron chi connectivity index (χ2n) is 7.88. The normalized spacial score (nSPS) is 26.2. The molecule has 4 amide bonds. The smallest absolute Gasteiger partial charge is 0.242 e. The average molecular weight is 350 g/mol. The maximum Gasteiger partial charge on any atom is 0.242 e. The van der Waals surface area contributed by atoms with E-state index < -0.39 is 40.9 Å². The van der Waals surface area contributed by atoms with Crippen molar-refractivity contribution in [3.8, 4) is 0 Å². The summed E-state index contributed by atoms with van der Waals surface area (Å²) >= 11 is 0. The fourth-order valence-corrected chi connectivity index (χ4v) is 4.79. The number of rotatable bonds is 6. The number of carbonyl (C=O) groups is 4. The molecule has 6 nitrogen and oxygen atoms in total. The second-order valence-corrected chi connectivity index (χ2v) is 7.88. The van der Waals surface area contributed by atoms with Crippen molar-refractivity contribution in [2.75, 3.05) is 0 Å². The first kappa shape index (κ1) is 19.6. The number of piperidine rings is 2. The van der Waals surface area contributed by atoms with Gasteiger partial charge in [-0.1, -0.05) is 26.7 Å². The highest BCUT2D eigenvalue weighted by Gasteiger charge is 2.67. The molecule has 0 aliphatic carbocycles. The number of imide groups is 2. The summed E-state index contributed by atoms with van der Waals surface area (Å²) in [5.74, 6) is -3.58. The van der Waals surface area contributed by atoms with Crippen molar-refractivity contribution >= 4 is 23.6 Å². The third kappa shape index (κ3) is 2.70. The summed E-state index contributed by atoms with van der Waals surface area (Å²) in [4.78, 5) is 55.0. The van der Waals surface area contributed by atoms with Crippen LogP contribution in [0.2, 0.25) is 0 Å². The predicted octanol–water partition coefficient (Wildman–Crippen LogP) is 2.36. The second kappa shape index (κ2) is 6.89. The van der Waals surface area contributed by atoms with Gasteiger partial charge in [0.15, 0.2) is 0 Å². The van der Waals surface area contributed by atoms with Crippen LogP contribution in [0.25, 0.3) is 0 Å². The van der Waals surface area contributed by atoms with Gasteiger partial charge in [0.05, 0.1) is 0 Å². The highest BCUT2D eigenvalue weighted by molar-refractivity contribution is 6.22. The number of amides is 4. The minimum atomic E-state index is -0.933. The first-order chi connectivity index (χ1) is 11.7. The van der Waals surface area contributed by atoms with Crippen molar-refractivity contribution in [3.63, 3.8) is 0 Å². The van der Waals surface area contributed by atoms with E-state index in [1.165, 1.54) is 0 Å². The number of hydrogen-bond donors (Lipinski definition) is 0. The highest BCUT2D eigenvalue weighted by Crippen LogP contribution is 2.53. The van der Waals surface area contributed by atoms with Crippen LogP contribution in [0.5, 0.6) is 0 Å². The monoisotopic (exact) mass is 350 g/mol. The fraction of sp³-hybridized carbons (Fsp3) is 0.789. The Bertz CT molecular complexity index is 512. The number of hydrogen-bond acceptors (Lipinski definition) is 4. The maximum absolute atomic E-state index is 13.2. The summed E-state index contributed by atoms with van der Waals surface area (Å²) in [6.45, 7) is 10.9. The number of fused-ring (bicyclic) bond motifs is 2. The Balaban J connectivity index is 2.72. The SMILES string of the molecule is CCCC1(CCC)C2C(=O)N(C(C)C)C(=O)C1C(=O)N(C(C)C)C2=O. The lowest BCUT2D eigenvalue weighted by atomic mass is 9.55. The number of likely N-dealkylation sites (tertiary alicyclic amines) is 2. The van der Waals surface area contributed by atoms with Crippen molar-refractivity contribution in [2.24, 2.45) is 17.3 Å². The van der Waals surface area contributed by atoms with E-state index >= 15 is 0 Å². The Morgan fingerprint density at radius 3 is 1.20 bits per heavy atom. The van der Waals surface area contributed by atoms with Crippen molar-refractivity contribution < 1.29 is 19.2 Å². The number of carbonyl (C=O) groups excluding carboxylic acids is 4. The zero-order valence-electron chi connectivity index (χ0n) is 16.2. The highest BCUT2D eigenvalue weighted by atomic mass is 16.2. The van der Waals surface area contributed by atoms with Crippen molar-refractivity contribution in [1.29, 1.82) is 0 Å². The van der Waals surface area contributed by atoms with E-state index in [1.807, 2.05) is 13.8 Å². The molecule has 0 saturated carbocycles. The van der Waals surface area contributed by atoms with Gasteiger partial charge in [0.25, 0.3) is 0 Å². The zero-order chi connectivity index (χ0) is 19.1. The van der Waals surface area contributed by atoms with Gasteiger partial charge in [0.1, 0.15) is 11.8 Å². The molecule has 2 bridgehead atoms. The van der Waals surface area contributed by atoms with Crippen molar-refractivity contribution in [2.45, 2.75) is 79.3 Å². The lowest BCUT2D eigenvalue weighted by Gasteiger charge is -2.55. The topological polar surface area (TPSA) is 74.8 Å². The average Bonchev–Trinajstić information content (AvgIpc) is 2.45. The summed E-state index contributed by atoms with van der Waals surface area (Å²) in [5.41, 5.74) is -0.872. The molecule has 2 heterocycles. The molecule has 0 atom stereocenters. The molecule has 2 rings (SSSR count). The summed E-state index contributed by atoms with van der Waals surface area (Å²) in [5, 5.41) is 0. The molecule has 140 valence electrons. The third-order valence-corrected chi connectivity index (χ3v) is 5.55. The summed E-state index contributed by atoms with van der Waals surface area (Å²) < 4.78 is 0. The molecule has 0 radical (unpaired) electrons. The molecule has 2 aliphatic rings. The van der Waals surface area contributed by atoms with E-state index in [4.69, 9.17) is 0 Å². The first-order valence-corrected chi connectivity index (χ1v) is 9.39. The number of nitrogens with zero attached hydrogens (tertiary/aromatic N) is 2. The van der Waals surface area contributed by atoms with E-state index in [1.54, 1.807) is 27.7 Å². The van der Waals surface area contributed by atoms with Gasteiger partial charge in [-0.15, -0.1) is 0 Å². The van der Waals surface area contributed by atoms with E-state index in [-0.39, 0.29) is 12.1 Å². The third-order valence-electron chi connectivity index (χ3n) is 5.55. The Hall–Kier alpha value is -1.72. The van der Waals surface area contributed by atoms with Crippen LogP contribution in [0.15, 0.2) is 0 Å². The van der Waals surface area contributed by atoms with Gasteiger partial charge in [-0.05, 0) is 40.5 Å². The maximum atomic E-state index is 13.2. The van der Waals surface area contributed by atoms with Gasteiger partial charge < -0.3 is 0 Å². The van der Waals surface area contributed by atoms with Gasteiger partial charge in [-0.3, -0.25) is 29.0 Å². The molecule has 0 unspecified atom stereocenters. The Labute approximate surface area is 149 Å². The van der Waals surface area contributed by atoms with Gasteiger partial charge in [0.2, 0.25) is 23.6 Å². The van der Waals surface area contributed by atoms with Crippen molar-refractivity contribution in [3.05, 3.63) is 0 Å². The van der Waals surface area contributed by atoms with E-state index in [2.05, 4.69) is 0 Å². The predicted molar refractivity (Wildman–Crippen MR) is 93.2 cm³/mol. The molecule has 0 aromatic heterocycles. The van der Waals surface area contributed by atoms with Crippen LogP contribution in [0.4, 0.5) is 0 Å². The van der Waals surface area contributed by atoms with Crippen LogP contribution in [0.3, 0.4) is 0 Å². The molecular weight excluding hydrogens is 320 g/mol. The van der Waals surface area contributed by atoms with Gasteiger partial charge in [-0.25, -0.2) is 0 Å². The zero-order valence-corrected chi connectivity index (χ0v) is 16.2. The van der Waals surface area contributed by atoms with Gasteiger partial charge in [0, 0.05) is 17.5 Å². The minimum absolute atomic E-state index is 0.363. The molecule has 0 aromatic carbocycles. The van der Waals surface area contributed by atoms with E-state index in [0.717, 1.165) is 22.6 Å². The molecule has 0 N–H and O–H groups in total. The van der Waals surface area contributed by atoms with Crippen LogP contribution in [-0.2, 0) is 19.2 Å². The van der Waals surface area contributed by atoms with Gasteiger partial charge >= 0.3 is 0 Å². The van der Waals surface area contributed by atoms with Crippen LogP contribution in [0, 0.1) is 17.3 Å². The van der Waals surface area contributed by atoms with E-state index in [0.29, 0.717) is 12.8 Å². The first-order valence-electron chi connectivity index (χ1n) is 9.39. The van der Waals surface area contributed by atoms with Crippen molar-refractivity contribution in [1.82, 2.24) is 9.80 Å². The van der Waals surface area contributed by atoms with Crippen LogP contribution in [0.1, 0.15) is 67.2 Å². The standard InChI is InChI=1S/C19H30N2O4/c1-7-9-19(10-8-2)13-15(22)20(11(3)4)16(23)14(19)18(25)21(12(5)6)17(13)24/h11-14H,7-10H2,1-6H3. The molecule has 25 heavy (non-hydrogen) atoms. The molecule has 2 saturated heterocycles. The van der Waals surface area contributed by atoms with E-state index in [9.17, 15) is 19.2 Å². The Kier molecular flexibility index (Phi) is 5.40. The molecule has 2 aliphatic heterocycles. The lowest BCUT2D eigenvalue weighted by Crippen LogP contribution is -2.73. The van der Waals surface area contributed by atoms with Crippen LogP contribution in [-0.4, -0.2) is 45.5 Å². The molecule has 0 aromatic rings. The Morgan fingerprint density at radius 2 is 1.00 bits per heavy atom. The molecule has 6 heteroatoms. The van der Waals surface area contributed by atoms with Crippen LogP contribution >= 0.6 is 0 Å². The summed E-state index contributed by atoms with van der Waals surface area (Å²) in [6.07, 6.45) is 2.50. The quantitative estimate of drug-likeness (QED) is 0.544. The summed E-state index contributed by atoms with van der Waals surface area (Å²) in [6, 6.07) is -0.727. The Morgan fingerprint density at radius 1 is 0.720 bits per heavy atom. The fourth-order valence-electron chi connectivity index (χ4n) is 4.79. The van der Waals surface area contributed by atoms with Crippen LogP contribution < -0.4 is 0 Å². The summed E-state index contributed by atoms with van der Waals surface area (Å²) in [7, 11) is 0. The molecule has 0 spiro atoms. The molecule has 2 fully saturated rings. The lowest BCUT2D eigenvalue weighted by molar-refractivity contribution is -0.191. The molecular formula is C19H30N2O4. The minimum Gasteiger partial charge on any atom is -0.279 e. The van der Waals surface area contributed by atoms with Gasteiger partial charge in [-0.2, -0.15) is 0 Å².